The van der Waals surface area contributed by atoms with Gasteiger partial charge in [-0.2, -0.15) is 0 Å². The van der Waals surface area contributed by atoms with Crippen LogP contribution in [-0.2, 0) is 19.7 Å². The summed E-state index contributed by atoms with van der Waals surface area (Å²) < 4.78 is 8.18. The minimum absolute atomic E-state index is 0.442. The van der Waals surface area contributed by atoms with Gasteiger partial charge in [-0.05, 0) is 48.4 Å². The first-order valence-electron chi connectivity index (χ1n) is 10.4. The van der Waals surface area contributed by atoms with Crippen molar-refractivity contribution in [3.63, 3.8) is 0 Å². The largest absolute Gasteiger partial charge is 0.489 e. The number of rotatable bonds is 5. The number of nitrogens with zero attached hydrogens (tertiary/aromatic N) is 4. The maximum absolute atomic E-state index is 6.13. The fraction of sp³-hybridized carbons (Fsp3) is 0.160. The molecule has 0 atom stereocenters. The van der Waals surface area contributed by atoms with E-state index in [4.69, 9.17) is 27.1 Å². The lowest BCUT2D eigenvalue weighted by Crippen LogP contribution is -2.09. The Morgan fingerprint density at radius 2 is 1.72 bits per heavy atom. The third kappa shape index (κ3) is 3.90. The first-order chi connectivity index (χ1) is 15.6. The molecule has 32 heavy (non-hydrogen) atoms. The summed E-state index contributed by atoms with van der Waals surface area (Å²) in [5.74, 6) is 2.39. The van der Waals surface area contributed by atoms with Crippen molar-refractivity contribution in [2.45, 2.75) is 26.6 Å². The van der Waals surface area contributed by atoms with Crippen molar-refractivity contribution >= 4 is 17.3 Å². The number of nitrogens with two attached hydrogens (primary N) is 1. The normalized spacial score (nSPS) is 12.5. The average Bonchev–Trinajstić information content (AvgIpc) is 3.10. The van der Waals surface area contributed by atoms with Gasteiger partial charge in [-0.1, -0.05) is 48.0 Å². The maximum atomic E-state index is 6.13. The second-order valence-electron chi connectivity index (χ2n) is 7.66. The first-order valence-corrected chi connectivity index (χ1v) is 10.8. The van der Waals surface area contributed by atoms with E-state index in [-0.39, 0.29) is 0 Å². The van der Waals surface area contributed by atoms with Crippen LogP contribution in [0.3, 0.4) is 0 Å². The third-order valence-corrected chi connectivity index (χ3v) is 5.77. The van der Waals surface area contributed by atoms with E-state index in [9.17, 15) is 0 Å². The zero-order valence-corrected chi connectivity index (χ0v) is 18.4. The molecule has 0 radical (unpaired) electrons. The van der Waals surface area contributed by atoms with Crippen LogP contribution in [-0.4, -0.2) is 20.5 Å². The number of fused-ring (bicyclic) bond motifs is 3. The molecule has 0 spiro atoms. The zero-order chi connectivity index (χ0) is 22.1. The molecule has 2 heterocycles. The highest BCUT2D eigenvalue weighted by Gasteiger charge is 2.22. The van der Waals surface area contributed by atoms with Gasteiger partial charge in [0.1, 0.15) is 24.7 Å². The summed E-state index contributed by atoms with van der Waals surface area (Å²) in [4.78, 5) is 4.88. The van der Waals surface area contributed by atoms with Crippen LogP contribution in [0, 0.1) is 6.92 Å². The average molecular weight is 444 g/mol. The number of aliphatic imine (C=N–C) groups is 1. The van der Waals surface area contributed by atoms with Crippen molar-refractivity contribution in [3.8, 4) is 11.4 Å². The summed E-state index contributed by atoms with van der Waals surface area (Å²) in [5.41, 5.74) is 11.7. The molecule has 7 heteroatoms. The van der Waals surface area contributed by atoms with Crippen LogP contribution in [0.15, 0.2) is 71.7 Å². The van der Waals surface area contributed by atoms with Crippen LogP contribution in [0.4, 0.5) is 0 Å². The Bertz CT molecular complexity index is 1290. The number of hydrogen-bond acceptors (Lipinski definition) is 5. The van der Waals surface area contributed by atoms with Gasteiger partial charge in [-0.25, -0.2) is 0 Å². The van der Waals surface area contributed by atoms with E-state index in [1.54, 1.807) is 0 Å². The topological polar surface area (TPSA) is 78.3 Å². The van der Waals surface area contributed by atoms with Gasteiger partial charge in [0.05, 0.1) is 11.4 Å². The first kappa shape index (κ1) is 20.4. The molecule has 1 aliphatic rings. The Kier molecular flexibility index (Phi) is 5.47. The van der Waals surface area contributed by atoms with E-state index in [0.717, 1.165) is 51.1 Å². The molecule has 5 rings (SSSR count). The van der Waals surface area contributed by atoms with E-state index >= 15 is 0 Å². The van der Waals surface area contributed by atoms with Crippen LogP contribution in [0.2, 0.25) is 5.02 Å². The van der Waals surface area contributed by atoms with Gasteiger partial charge in [-0.3, -0.25) is 9.56 Å². The number of aromatic nitrogens is 3. The Morgan fingerprint density at radius 1 is 0.969 bits per heavy atom. The van der Waals surface area contributed by atoms with Crippen molar-refractivity contribution in [2.75, 3.05) is 0 Å². The quantitative estimate of drug-likeness (QED) is 0.488. The molecule has 0 saturated heterocycles. The van der Waals surface area contributed by atoms with Gasteiger partial charge in [0.2, 0.25) is 0 Å². The maximum Gasteiger partial charge on any atom is 0.159 e. The monoisotopic (exact) mass is 443 g/mol. The fourth-order valence-corrected chi connectivity index (χ4v) is 3.97. The van der Waals surface area contributed by atoms with E-state index < -0.39 is 0 Å². The molecule has 0 saturated carbocycles. The molecule has 0 bridgehead atoms. The van der Waals surface area contributed by atoms with E-state index in [1.165, 1.54) is 0 Å². The number of aryl methyl sites for hydroxylation is 1. The fourth-order valence-electron chi connectivity index (χ4n) is 3.84. The Morgan fingerprint density at radius 3 is 2.47 bits per heavy atom. The van der Waals surface area contributed by atoms with Gasteiger partial charge in [0.25, 0.3) is 0 Å². The predicted molar refractivity (Wildman–Crippen MR) is 126 cm³/mol. The molecular weight excluding hydrogens is 422 g/mol. The summed E-state index contributed by atoms with van der Waals surface area (Å²) in [5, 5.41) is 9.25. The summed E-state index contributed by atoms with van der Waals surface area (Å²) in [6.07, 6.45) is 0. The molecule has 0 amide bonds. The Balaban J connectivity index is 1.53. The zero-order valence-electron chi connectivity index (χ0n) is 17.6. The van der Waals surface area contributed by atoms with Crippen molar-refractivity contribution in [3.05, 3.63) is 106 Å². The number of ether oxygens (including phenoxy) is 1. The van der Waals surface area contributed by atoms with Gasteiger partial charge in [0.15, 0.2) is 5.82 Å². The van der Waals surface area contributed by atoms with Crippen LogP contribution < -0.4 is 10.5 Å². The Labute approximate surface area is 191 Å². The van der Waals surface area contributed by atoms with Crippen LogP contribution >= 0.6 is 11.6 Å². The van der Waals surface area contributed by atoms with Crippen molar-refractivity contribution in [1.29, 1.82) is 0 Å². The molecule has 0 fully saturated rings. The lowest BCUT2D eigenvalue weighted by Gasteiger charge is -2.15. The lowest BCUT2D eigenvalue weighted by molar-refractivity contribution is 0.306. The second kappa shape index (κ2) is 8.57. The standard InChI is InChI=1S/C25H22ClN5O/c1-16-29-30-24-14-28-25(19-6-8-20(26)9-7-19)22-12-21(10-11-23(22)31(16)24)32-15-18-4-2-17(13-27)3-5-18/h2-12H,13-15,27H2,1H3. The third-order valence-electron chi connectivity index (χ3n) is 5.52. The second-order valence-corrected chi connectivity index (χ2v) is 8.10. The minimum atomic E-state index is 0.442. The highest BCUT2D eigenvalue weighted by atomic mass is 35.5. The van der Waals surface area contributed by atoms with Gasteiger partial charge in [0, 0.05) is 22.7 Å². The minimum Gasteiger partial charge on any atom is -0.489 e. The molecule has 1 aromatic heterocycles. The Hall–Kier alpha value is -3.48. The van der Waals surface area contributed by atoms with Gasteiger partial charge in [-0.15, -0.1) is 10.2 Å². The number of hydrogen-bond donors (Lipinski definition) is 1. The lowest BCUT2D eigenvalue weighted by atomic mass is 10.00. The SMILES string of the molecule is Cc1nnc2n1-c1ccc(OCc3ccc(CN)cc3)cc1C(c1ccc(Cl)cc1)=NC2. The highest BCUT2D eigenvalue weighted by molar-refractivity contribution is 6.30. The van der Waals surface area contributed by atoms with E-state index in [0.29, 0.717) is 24.7 Å². The summed E-state index contributed by atoms with van der Waals surface area (Å²) in [6, 6.07) is 21.9. The smallest absolute Gasteiger partial charge is 0.159 e. The van der Waals surface area contributed by atoms with Crippen molar-refractivity contribution in [2.24, 2.45) is 10.7 Å². The summed E-state index contributed by atoms with van der Waals surface area (Å²) in [6.45, 7) is 3.39. The molecule has 4 aromatic rings. The molecule has 3 aromatic carbocycles. The molecule has 0 unspecified atom stereocenters. The molecule has 160 valence electrons. The van der Waals surface area contributed by atoms with E-state index in [2.05, 4.69) is 14.8 Å². The molecule has 0 aliphatic carbocycles. The predicted octanol–water partition coefficient (Wildman–Crippen LogP) is 4.62. The highest BCUT2D eigenvalue weighted by Crippen LogP contribution is 2.29. The molecule has 2 N–H and O–H groups in total. The van der Waals surface area contributed by atoms with Crippen molar-refractivity contribution < 1.29 is 4.74 Å². The van der Waals surface area contributed by atoms with Crippen LogP contribution in [0.25, 0.3) is 5.69 Å². The van der Waals surface area contributed by atoms with E-state index in [1.807, 2.05) is 73.7 Å². The molecule has 1 aliphatic heterocycles. The van der Waals surface area contributed by atoms with Crippen molar-refractivity contribution in [1.82, 2.24) is 14.8 Å². The van der Waals surface area contributed by atoms with Crippen LogP contribution in [0.5, 0.6) is 5.75 Å². The number of benzene rings is 3. The molecule has 6 nitrogen and oxygen atoms in total. The molecular formula is C25H22ClN5O. The van der Waals surface area contributed by atoms with Gasteiger partial charge >= 0.3 is 0 Å². The van der Waals surface area contributed by atoms with Crippen LogP contribution in [0.1, 0.15) is 33.9 Å². The van der Waals surface area contributed by atoms with Gasteiger partial charge < -0.3 is 10.5 Å². The summed E-state index contributed by atoms with van der Waals surface area (Å²) >= 11 is 6.11. The summed E-state index contributed by atoms with van der Waals surface area (Å²) in [7, 11) is 0. The number of halogens is 1.